The molecule has 3 nitrogen and oxygen atoms in total. The predicted octanol–water partition coefficient (Wildman–Crippen LogP) is 3.24. The van der Waals surface area contributed by atoms with Crippen LogP contribution in [0.5, 0.6) is 0 Å². The summed E-state index contributed by atoms with van der Waals surface area (Å²) in [5, 5.41) is 7.36. The number of halogens is 1. The summed E-state index contributed by atoms with van der Waals surface area (Å²) in [5.41, 5.74) is 3.70. The first-order valence-electron chi connectivity index (χ1n) is 4.29. The monoisotopic (exact) mass is 237 g/mol. The number of hydrazone groups is 1. The second kappa shape index (κ2) is 4.91. The lowest BCUT2D eigenvalue weighted by molar-refractivity contribution is 1.29. The number of aromatic nitrogens is 1. The summed E-state index contributed by atoms with van der Waals surface area (Å²) in [6.45, 7) is 0. The largest absolute Gasteiger partial charge is 0.253 e. The Morgan fingerprint density at radius 3 is 3.00 bits per heavy atom. The molecule has 0 saturated carbocycles. The molecule has 1 aromatic heterocycles. The van der Waals surface area contributed by atoms with Gasteiger partial charge in [-0.1, -0.05) is 29.8 Å². The number of hydrogen-bond acceptors (Lipinski definition) is 4. The minimum atomic E-state index is 0.683. The van der Waals surface area contributed by atoms with Gasteiger partial charge in [-0.25, -0.2) is 4.98 Å². The van der Waals surface area contributed by atoms with Gasteiger partial charge in [0.05, 0.1) is 6.21 Å². The van der Waals surface area contributed by atoms with Crippen molar-refractivity contribution in [3.05, 3.63) is 46.4 Å². The van der Waals surface area contributed by atoms with E-state index >= 15 is 0 Å². The van der Waals surface area contributed by atoms with Gasteiger partial charge in [-0.05, 0) is 6.07 Å². The second-order valence-corrected chi connectivity index (χ2v) is 4.03. The van der Waals surface area contributed by atoms with E-state index in [-0.39, 0.29) is 0 Å². The van der Waals surface area contributed by atoms with Crippen LogP contribution in [0.2, 0.25) is 5.02 Å². The van der Waals surface area contributed by atoms with Crippen LogP contribution >= 0.6 is 22.9 Å². The first-order chi connectivity index (χ1) is 7.36. The molecule has 1 N–H and O–H groups in total. The van der Waals surface area contributed by atoms with Gasteiger partial charge in [0.25, 0.3) is 0 Å². The summed E-state index contributed by atoms with van der Waals surface area (Å²) in [4.78, 5) is 4.03. The Morgan fingerprint density at radius 2 is 2.27 bits per heavy atom. The molecule has 2 aromatic rings. The van der Waals surface area contributed by atoms with Crippen LogP contribution in [0.3, 0.4) is 0 Å². The molecule has 15 heavy (non-hydrogen) atoms. The van der Waals surface area contributed by atoms with Gasteiger partial charge in [0.1, 0.15) is 0 Å². The highest BCUT2D eigenvalue weighted by Crippen LogP contribution is 2.13. The van der Waals surface area contributed by atoms with Crippen molar-refractivity contribution in [2.45, 2.75) is 0 Å². The predicted molar refractivity (Wildman–Crippen MR) is 64.8 cm³/mol. The third-order valence-corrected chi connectivity index (χ3v) is 2.72. The number of rotatable bonds is 3. The number of benzene rings is 1. The maximum Gasteiger partial charge on any atom is 0.203 e. The zero-order valence-electron chi connectivity index (χ0n) is 7.72. The molecular formula is C10H8ClN3S. The first-order valence-corrected chi connectivity index (χ1v) is 5.55. The van der Waals surface area contributed by atoms with E-state index in [9.17, 15) is 0 Å². The lowest BCUT2D eigenvalue weighted by Gasteiger charge is -1.96. The van der Waals surface area contributed by atoms with Crippen LogP contribution in [0.4, 0.5) is 5.13 Å². The smallest absolute Gasteiger partial charge is 0.203 e. The zero-order chi connectivity index (χ0) is 10.5. The van der Waals surface area contributed by atoms with Gasteiger partial charge in [0, 0.05) is 22.2 Å². The fourth-order valence-electron chi connectivity index (χ4n) is 1.02. The Balaban J connectivity index is 2.03. The van der Waals surface area contributed by atoms with Crippen LogP contribution in [0.1, 0.15) is 5.56 Å². The molecule has 0 spiro atoms. The summed E-state index contributed by atoms with van der Waals surface area (Å²) in [6, 6.07) is 7.52. The average Bonchev–Trinajstić information content (AvgIpc) is 2.74. The highest BCUT2D eigenvalue weighted by atomic mass is 35.5. The van der Waals surface area contributed by atoms with Gasteiger partial charge in [-0.15, -0.1) is 11.3 Å². The zero-order valence-corrected chi connectivity index (χ0v) is 9.29. The van der Waals surface area contributed by atoms with Crippen molar-refractivity contribution in [2.75, 3.05) is 5.43 Å². The van der Waals surface area contributed by atoms with Crippen LogP contribution < -0.4 is 5.43 Å². The van der Waals surface area contributed by atoms with E-state index in [1.54, 1.807) is 12.4 Å². The third-order valence-electron chi connectivity index (χ3n) is 1.70. The molecule has 0 amide bonds. The molecule has 0 aliphatic rings. The molecule has 5 heteroatoms. The maximum atomic E-state index is 5.95. The maximum absolute atomic E-state index is 5.95. The van der Waals surface area contributed by atoms with Gasteiger partial charge in [0.15, 0.2) is 0 Å². The van der Waals surface area contributed by atoms with Crippen molar-refractivity contribution in [3.63, 3.8) is 0 Å². The van der Waals surface area contributed by atoms with E-state index in [0.29, 0.717) is 5.02 Å². The average molecular weight is 238 g/mol. The third kappa shape index (κ3) is 2.78. The van der Waals surface area contributed by atoms with Gasteiger partial charge < -0.3 is 0 Å². The number of thiazole rings is 1. The van der Waals surface area contributed by atoms with Crippen molar-refractivity contribution in [1.29, 1.82) is 0 Å². The molecule has 2 rings (SSSR count). The van der Waals surface area contributed by atoms with Crippen LogP contribution in [0.25, 0.3) is 0 Å². The number of nitrogens with zero attached hydrogens (tertiary/aromatic N) is 2. The topological polar surface area (TPSA) is 37.3 Å². The highest BCUT2D eigenvalue weighted by molar-refractivity contribution is 7.13. The van der Waals surface area contributed by atoms with E-state index in [2.05, 4.69) is 15.5 Å². The van der Waals surface area contributed by atoms with Crippen molar-refractivity contribution < 1.29 is 0 Å². The second-order valence-electron chi connectivity index (χ2n) is 2.73. The van der Waals surface area contributed by atoms with Crippen molar-refractivity contribution in [2.24, 2.45) is 5.10 Å². The van der Waals surface area contributed by atoms with Gasteiger partial charge in [0.2, 0.25) is 5.13 Å². The molecule has 0 bridgehead atoms. The van der Waals surface area contributed by atoms with Gasteiger partial charge in [-0.3, -0.25) is 5.43 Å². The fourth-order valence-corrected chi connectivity index (χ4v) is 1.68. The molecule has 1 heterocycles. The number of anilines is 1. The number of nitrogens with one attached hydrogen (secondary N) is 1. The molecule has 0 aliphatic heterocycles. The normalized spacial score (nSPS) is 10.7. The molecule has 0 fully saturated rings. The lowest BCUT2D eigenvalue weighted by Crippen LogP contribution is -1.89. The molecule has 1 aromatic carbocycles. The Hall–Kier alpha value is -1.39. The standard InChI is InChI=1S/C10H8ClN3S/c11-9-4-2-1-3-8(9)7-13-14-10-12-5-6-15-10/h1-7H,(H,12,14)/b13-7+. The summed E-state index contributed by atoms with van der Waals surface area (Å²) < 4.78 is 0. The van der Waals surface area contributed by atoms with E-state index in [0.717, 1.165) is 10.7 Å². The van der Waals surface area contributed by atoms with Crippen molar-refractivity contribution in [1.82, 2.24) is 4.98 Å². The van der Waals surface area contributed by atoms with Crippen LogP contribution in [-0.4, -0.2) is 11.2 Å². The molecule has 0 radical (unpaired) electrons. The number of hydrogen-bond donors (Lipinski definition) is 1. The molecule has 76 valence electrons. The summed E-state index contributed by atoms with van der Waals surface area (Å²) in [5.74, 6) is 0. The lowest BCUT2D eigenvalue weighted by atomic mass is 10.2. The van der Waals surface area contributed by atoms with Crippen molar-refractivity contribution in [3.8, 4) is 0 Å². The Labute approximate surface area is 96.4 Å². The molecule has 0 atom stereocenters. The van der Waals surface area contributed by atoms with Gasteiger partial charge >= 0.3 is 0 Å². The Bertz CT molecular complexity index is 453. The van der Waals surface area contributed by atoms with Crippen LogP contribution in [0.15, 0.2) is 40.9 Å². The fraction of sp³-hybridized carbons (Fsp3) is 0. The Morgan fingerprint density at radius 1 is 1.40 bits per heavy atom. The van der Waals surface area contributed by atoms with E-state index in [1.165, 1.54) is 11.3 Å². The minimum absolute atomic E-state index is 0.683. The van der Waals surface area contributed by atoms with Crippen LogP contribution in [0, 0.1) is 0 Å². The van der Waals surface area contributed by atoms with Gasteiger partial charge in [-0.2, -0.15) is 5.10 Å². The molecule has 0 saturated heterocycles. The first kappa shape index (κ1) is 10.1. The SMILES string of the molecule is Clc1ccccc1/C=N/Nc1nccs1. The molecule has 0 aliphatic carbocycles. The summed E-state index contributed by atoms with van der Waals surface area (Å²) >= 11 is 7.45. The van der Waals surface area contributed by atoms with Crippen molar-refractivity contribution >= 4 is 34.3 Å². The molecule has 0 unspecified atom stereocenters. The van der Waals surface area contributed by atoms with E-state index in [1.807, 2.05) is 29.6 Å². The highest BCUT2D eigenvalue weighted by Gasteiger charge is 1.94. The summed E-state index contributed by atoms with van der Waals surface area (Å²) in [6.07, 6.45) is 3.39. The van der Waals surface area contributed by atoms with Crippen LogP contribution in [-0.2, 0) is 0 Å². The molecular weight excluding hydrogens is 230 g/mol. The quantitative estimate of drug-likeness (QED) is 0.657. The summed E-state index contributed by atoms with van der Waals surface area (Å²) in [7, 11) is 0. The minimum Gasteiger partial charge on any atom is -0.253 e. The Kier molecular flexibility index (Phi) is 3.32. The van der Waals surface area contributed by atoms with E-state index < -0.39 is 0 Å². The van der Waals surface area contributed by atoms with E-state index in [4.69, 9.17) is 11.6 Å².